The van der Waals surface area contributed by atoms with Crippen molar-refractivity contribution < 1.29 is 4.92 Å². The third-order valence-electron chi connectivity index (χ3n) is 2.84. The summed E-state index contributed by atoms with van der Waals surface area (Å²) >= 11 is 6.11. The van der Waals surface area contributed by atoms with Gasteiger partial charge in [-0.3, -0.25) is 15.5 Å². The normalized spacial score (nSPS) is 10.3. The van der Waals surface area contributed by atoms with Gasteiger partial charge in [0.15, 0.2) is 0 Å². The van der Waals surface area contributed by atoms with E-state index in [1.165, 1.54) is 6.92 Å². The SMILES string of the molecule is Cc1cccc(Cl)c1Nc1nc(NN)nc(C)c1[N+](=O)[O-]. The lowest BCUT2D eigenvalue weighted by molar-refractivity contribution is -0.385. The summed E-state index contributed by atoms with van der Waals surface area (Å²) in [6.45, 7) is 3.33. The molecular formula is C12H13ClN6O2. The average molecular weight is 309 g/mol. The number of para-hydroxylation sites is 1. The zero-order valence-electron chi connectivity index (χ0n) is 11.3. The third-order valence-corrected chi connectivity index (χ3v) is 3.15. The summed E-state index contributed by atoms with van der Waals surface area (Å²) in [4.78, 5) is 18.5. The van der Waals surface area contributed by atoms with Crippen molar-refractivity contribution in [3.63, 3.8) is 0 Å². The predicted molar refractivity (Wildman–Crippen MR) is 80.7 cm³/mol. The Morgan fingerprint density at radius 3 is 2.62 bits per heavy atom. The number of nitrogen functional groups attached to an aromatic ring is 1. The monoisotopic (exact) mass is 308 g/mol. The number of hydrazine groups is 1. The van der Waals surface area contributed by atoms with Crippen LogP contribution in [0.15, 0.2) is 18.2 Å². The second-order valence-corrected chi connectivity index (χ2v) is 4.70. The van der Waals surface area contributed by atoms with E-state index in [1.54, 1.807) is 12.1 Å². The number of nitrogens with two attached hydrogens (primary N) is 1. The van der Waals surface area contributed by atoms with Gasteiger partial charge in [-0.2, -0.15) is 4.98 Å². The Kier molecular flexibility index (Phi) is 4.20. The minimum atomic E-state index is -0.551. The molecule has 21 heavy (non-hydrogen) atoms. The molecule has 0 aliphatic carbocycles. The number of aryl methyl sites for hydroxylation is 2. The molecule has 0 fully saturated rings. The molecular weight excluding hydrogens is 296 g/mol. The summed E-state index contributed by atoms with van der Waals surface area (Å²) < 4.78 is 0. The molecule has 0 atom stereocenters. The third kappa shape index (κ3) is 3.01. The molecule has 0 unspecified atom stereocenters. The highest BCUT2D eigenvalue weighted by Gasteiger charge is 2.23. The second-order valence-electron chi connectivity index (χ2n) is 4.29. The first kappa shape index (κ1) is 14.9. The number of nitrogens with one attached hydrogen (secondary N) is 2. The van der Waals surface area contributed by atoms with E-state index in [0.29, 0.717) is 10.7 Å². The molecule has 8 nitrogen and oxygen atoms in total. The molecule has 0 bridgehead atoms. The number of rotatable bonds is 4. The van der Waals surface area contributed by atoms with Gasteiger partial charge in [-0.1, -0.05) is 23.7 Å². The van der Waals surface area contributed by atoms with Gasteiger partial charge in [0.05, 0.1) is 15.6 Å². The Hall–Kier alpha value is -2.45. The molecule has 0 aliphatic rings. The van der Waals surface area contributed by atoms with Gasteiger partial charge in [0.2, 0.25) is 11.8 Å². The second kappa shape index (κ2) is 5.90. The fourth-order valence-corrected chi connectivity index (χ4v) is 2.11. The van der Waals surface area contributed by atoms with Crippen molar-refractivity contribution in [1.29, 1.82) is 0 Å². The first-order chi connectivity index (χ1) is 9.93. The summed E-state index contributed by atoms with van der Waals surface area (Å²) in [6, 6.07) is 5.30. The lowest BCUT2D eigenvalue weighted by Gasteiger charge is -2.12. The van der Waals surface area contributed by atoms with Gasteiger partial charge in [-0.05, 0) is 25.5 Å². The van der Waals surface area contributed by atoms with Gasteiger partial charge in [-0.15, -0.1) is 0 Å². The number of nitrogens with zero attached hydrogens (tertiary/aromatic N) is 3. The van der Waals surface area contributed by atoms with Crippen LogP contribution in [-0.2, 0) is 0 Å². The minimum Gasteiger partial charge on any atom is -0.333 e. The van der Waals surface area contributed by atoms with E-state index in [1.807, 2.05) is 13.0 Å². The molecule has 0 saturated heterocycles. The van der Waals surface area contributed by atoms with E-state index in [4.69, 9.17) is 17.4 Å². The average Bonchev–Trinajstić information content (AvgIpc) is 2.42. The van der Waals surface area contributed by atoms with Gasteiger partial charge in [0.25, 0.3) is 0 Å². The van der Waals surface area contributed by atoms with Crippen molar-refractivity contribution >= 4 is 34.7 Å². The zero-order chi connectivity index (χ0) is 15.6. The van der Waals surface area contributed by atoms with Gasteiger partial charge < -0.3 is 5.32 Å². The van der Waals surface area contributed by atoms with Crippen LogP contribution in [0.2, 0.25) is 5.02 Å². The Labute approximate surface area is 125 Å². The molecule has 2 aromatic rings. The lowest BCUT2D eigenvalue weighted by Crippen LogP contribution is -2.14. The van der Waals surface area contributed by atoms with Crippen molar-refractivity contribution in [1.82, 2.24) is 9.97 Å². The quantitative estimate of drug-likeness (QED) is 0.451. The largest absolute Gasteiger partial charge is 0.333 e. The molecule has 0 saturated carbocycles. The van der Waals surface area contributed by atoms with E-state index >= 15 is 0 Å². The van der Waals surface area contributed by atoms with E-state index in [0.717, 1.165) is 5.56 Å². The highest BCUT2D eigenvalue weighted by molar-refractivity contribution is 6.33. The molecule has 0 spiro atoms. The Morgan fingerprint density at radius 1 is 1.33 bits per heavy atom. The molecule has 2 rings (SSSR count). The highest BCUT2D eigenvalue weighted by Crippen LogP contribution is 2.33. The molecule has 1 aromatic carbocycles. The fraction of sp³-hybridized carbons (Fsp3) is 0.167. The van der Waals surface area contributed by atoms with Crippen molar-refractivity contribution in [2.45, 2.75) is 13.8 Å². The van der Waals surface area contributed by atoms with Crippen LogP contribution in [-0.4, -0.2) is 14.9 Å². The fourth-order valence-electron chi connectivity index (χ4n) is 1.85. The standard InChI is InChI=1S/C12H13ClN6O2/c1-6-4-3-5-8(13)9(6)16-11-10(19(20)21)7(2)15-12(17-11)18-14/h3-5H,14H2,1-2H3,(H2,15,16,17,18). The van der Waals surface area contributed by atoms with E-state index in [2.05, 4.69) is 20.7 Å². The maximum atomic E-state index is 11.2. The Bertz CT molecular complexity index is 686. The smallest absolute Gasteiger partial charge is 0.332 e. The lowest BCUT2D eigenvalue weighted by atomic mass is 10.2. The van der Waals surface area contributed by atoms with Gasteiger partial charge in [-0.25, -0.2) is 10.8 Å². The predicted octanol–water partition coefficient (Wildman–Crippen LogP) is 2.68. The number of hydrogen-bond donors (Lipinski definition) is 3. The van der Waals surface area contributed by atoms with E-state index in [9.17, 15) is 10.1 Å². The van der Waals surface area contributed by atoms with E-state index in [-0.39, 0.29) is 23.1 Å². The van der Waals surface area contributed by atoms with Crippen molar-refractivity contribution in [3.05, 3.63) is 44.6 Å². The van der Waals surface area contributed by atoms with Crippen LogP contribution in [0.3, 0.4) is 0 Å². The highest BCUT2D eigenvalue weighted by atomic mass is 35.5. The van der Waals surface area contributed by atoms with Crippen LogP contribution >= 0.6 is 11.6 Å². The van der Waals surface area contributed by atoms with Gasteiger partial charge in [0, 0.05) is 0 Å². The molecule has 4 N–H and O–H groups in total. The number of nitro groups is 1. The van der Waals surface area contributed by atoms with Crippen molar-refractivity contribution in [2.75, 3.05) is 10.7 Å². The van der Waals surface area contributed by atoms with Crippen LogP contribution in [0.25, 0.3) is 0 Å². The summed E-state index contributed by atoms with van der Waals surface area (Å²) in [5.41, 5.74) is 3.61. The van der Waals surface area contributed by atoms with Crippen LogP contribution in [0.4, 0.5) is 23.1 Å². The first-order valence-electron chi connectivity index (χ1n) is 5.95. The molecule has 0 amide bonds. The van der Waals surface area contributed by atoms with Gasteiger partial charge in [0.1, 0.15) is 5.69 Å². The van der Waals surface area contributed by atoms with Crippen LogP contribution in [0, 0.1) is 24.0 Å². The van der Waals surface area contributed by atoms with Gasteiger partial charge >= 0.3 is 5.69 Å². The molecule has 0 radical (unpaired) electrons. The Morgan fingerprint density at radius 2 is 2.05 bits per heavy atom. The van der Waals surface area contributed by atoms with Crippen LogP contribution in [0.1, 0.15) is 11.3 Å². The van der Waals surface area contributed by atoms with Crippen molar-refractivity contribution in [2.24, 2.45) is 5.84 Å². The number of aromatic nitrogens is 2. The number of benzene rings is 1. The zero-order valence-corrected chi connectivity index (χ0v) is 12.1. The molecule has 9 heteroatoms. The molecule has 0 aliphatic heterocycles. The summed E-state index contributed by atoms with van der Waals surface area (Å²) in [6.07, 6.45) is 0. The molecule has 1 heterocycles. The molecule has 1 aromatic heterocycles. The summed E-state index contributed by atoms with van der Waals surface area (Å²) in [7, 11) is 0. The number of anilines is 3. The van der Waals surface area contributed by atoms with Crippen molar-refractivity contribution in [3.8, 4) is 0 Å². The minimum absolute atomic E-state index is 0.0247. The number of halogens is 1. The summed E-state index contributed by atoms with van der Waals surface area (Å²) in [5.74, 6) is 5.37. The first-order valence-corrected chi connectivity index (χ1v) is 6.33. The topological polar surface area (TPSA) is 119 Å². The van der Waals surface area contributed by atoms with Crippen LogP contribution in [0.5, 0.6) is 0 Å². The molecule has 110 valence electrons. The maximum absolute atomic E-state index is 11.2. The van der Waals surface area contributed by atoms with E-state index < -0.39 is 4.92 Å². The Balaban J connectivity index is 2.57. The van der Waals surface area contributed by atoms with Crippen LogP contribution < -0.4 is 16.6 Å². The maximum Gasteiger partial charge on any atom is 0.332 e. The number of hydrogen-bond acceptors (Lipinski definition) is 7. The summed E-state index contributed by atoms with van der Waals surface area (Å²) in [5, 5.41) is 14.5.